The van der Waals surface area contributed by atoms with Crippen LogP contribution in [-0.4, -0.2) is 22.8 Å². The first-order valence-electron chi connectivity index (χ1n) is 12.3. The SMILES string of the molecule is O=C(CC1CCCC1)NNC(=O)c1cc(Oc2ccc(NC(=O)Nc3ccc(Cl)c(C(F)(F)F)c3)cc2)ccn1. The first kappa shape index (κ1) is 28.7. The van der Waals surface area contributed by atoms with Gasteiger partial charge in [-0.1, -0.05) is 24.4 Å². The van der Waals surface area contributed by atoms with Crippen molar-refractivity contribution in [3.63, 3.8) is 0 Å². The number of pyridine rings is 1. The number of hydrogen-bond donors (Lipinski definition) is 4. The van der Waals surface area contributed by atoms with Crippen LogP contribution in [0.15, 0.2) is 60.8 Å². The van der Waals surface area contributed by atoms with E-state index in [1.807, 2.05) is 0 Å². The van der Waals surface area contributed by atoms with Crippen molar-refractivity contribution in [2.24, 2.45) is 5.92 Å². The van der Waals surface area contributed by atoms with Gasteiger partial charge in [-0.15, -0.1) is 0 Å². The molecule has 0 radical (unpaired) electrons. The van der Waals surface area contributed by atoms with Crippen molar-refractivity contribution < 1.29 is 32.3 Å². The summed E-state index contributed by atoms with van der Waals surface area (Å²) in [4.78, 5) is 40.7. The second kappa shape index (κ2) is 12.7. The quantitative estimate of drug-likeness (QED) is 0.239. The molecule has 1 aromatic heterocycles. The topological polar surface area (TPSA) is 121 Å². The minimum absolute atomic E-state index is 0.0319. The Morgan fingerprint density at radius 1 is 0.900 bits per heavy atom. The zero-order valence-corrected chi connectivity index (χ0v) is 21.7. The molecule has 1 aliphatic rings. The molecule has 13 heteroatoms. The number of urea groups is 1. The molecule has 0 saturated heterocycles. The summed E-state index contributed by atoms with van der Waals surface area (Å²) in [6, 6.07) is 11.4. The van der Waals surface area contributed by atoms with Crippen molar-refractivity contribution in [3.05, 3.63) is 77.1 Å². The number of hydrogen-bond acceptors (Lipinski definition) is 5. The number of nitrogens with zero attached hydrogens (tertiary/aromatic N) is 1. The Hall–Kier alpha value is -4.32. The van der Waals surface area contributed by atoms with Crippen molar-refractivity contribution >= 4 is 40.8 Å². The molecule has 0 spiro atoms. The Labute approximate surface area is 232 Å². The van der Waals surface area contributed by atoms with Crippen LogP contribution >= 0.6 is 11.6 Å². The third-order valence-corrected chi connectivity index (χ3v) is 6.44. The van der Waals surface area contributed by atoms with Crippen LogP contribution in [0.2, 0.25) is 5.02 Å². The highest BCUT2D eigenvalue weighted by Gasteiger charge is 2.33. The van der Waals surface area contributed by atoms with Crippen molar-refractivity contribution in [3.8, 4) is 11.5 Å². The van der Waals surface area contributed by atoms with Gasteiger partial charge in [0.15, 0.2) is 0 Å². The van der Waals surface area contributed by atoms with Crippen LogP contribution in [0.5, 0.6) is 11.5 Å². The van der Waals surface area contributed by atoms with E-state index in [0.717, 1.165) is 37.8 Å². The average molecular weight is 576 g/mol. The maximum Gasteiger partial charge on any atom is 0.417 e. The van der Waals surface area contributed by atoms with Crippen molar-refractivity contribution in [2.75, 3.05) is 10.6 Å². The summed E-state index contributed by atoms with van der Waals surface area (Å²) in [6.07, 6.45) is 1.36. The van der Waals surface area contributed by atoms with Crippen LogP contribution in [0, 0.1) is 5.92 Å². The smallest absolute Gasteiger partial charge is 0.417 e. The highest BCUT2D eigenvalue weighted by molar-refractivity contribution is 6.31. The first-order valence-corrected chi connectivity index (χ1v) is 12.7. The molecule has 3 aromatic rings. The Bertz CT molecular complexity index is 1380. The molecular weight excluding hydrogens is 551 g/mol. The van der Waals surface area contributed by atoms with Crippen LogP contribution in [-0.2, 0) is 11.0 Å². The molecule has 1 aliphatic carbocycles. The summed E-state index contributed by atoms with van der Waals surface area (Å²) in [7, 11) is 0. The molecule has 4 N–H and O–H groups in total. The number of anilines is 2. The van der Waals surface area contributed by atoms with E-state index < -0.39 is 28.7 Å². The summed E-state index contributed by atoms with van der Waals surface area (Å²) in [5.41, 5.74) is 4.00. The van der Waals surface area contributed by atoms with Crippen LogP contribution in [0.3, 0.4) is 0 Å². The highest BCUT2D eigenvalue weighted by atomic mass is 35.5. The molecular formula is C27H25ClF3N5O4. The van der Waals surface area contributed by atoms with Crippen molar-refractivity contribution in [1.82, 2.24) is 15.8 Å². The molecule has 0 aliphatic heterocycles. The number of carbonyl (C=O) groups is 3. The zero-order valence-electron chi connectivity index (χ0n) is 21.0. The number of benzene rings is 2. The van der Waals surface area contributed by atoms with Crippen molar-refractivity contribution in [2.45, 2.75) is 38.3 Å². The van der Waals surface area contributed by atoms with Gasteiger partial charge in [-0.3, -0.25) is 25.4 Å². The Morgan fingerprint density at radius 3 is 2.27 bits per heavy atom. The molecule has 9 nitrogen and oxygen atoms in total. The van der Waals surface area contributed by atoms with E-state index >= 15 is 0 Å². The van der Waals surface area contributed by atoms with Gasteiger partial charge < -0.3 is 15.4 Å². The number of alkyl halides is 3. The summed E-state index contributed by atoms with van der Waals surface area (Å²) in [6.45, 7) is 0. The van der Waals surface area contributed by atoms with Gasteiger partial charge in [0.05, 0.1) is 10.6 Å². The van der Waals surface area contributed by atoms with Crippen LogP contribution in [0.1, 0.15) is 48.2 Å². The highest BCUT2D eigenvalue weighted by Crippen LogP contribution is 2.36. The molecule has 0 atom stereocenters. The molecule has 1 saturated carbocycles. The third kappa shape index (κ3) is 8.09. The standard InChI is InChI=1S/C27H25ClF3N5O4/c28-22-10-7-18(14-21(22)27(29,30)31)34-26(39)33-17-5-8-19(9-6-17)40-20-11-12-32-23(15-20)25(38)36-35-24(37)13-16-3-1-2-4-16/h5-12,14-16H,1-4,13H2,(H,35,37)(H,36,38)(H2,33,34,39). The fourth-order valence-electron chi connectivity index (χ4n) is 4.17. The lowest BCUT2D eigenvalue weighted by Crippen LogP contribution is -2.42. The fourth-order valence-corrected chi connectivity index (χ4v) is 4.40. The lowest BCUT2D eigenvalue weighted by molar-refractivity contribution is -0.137. The Morgan fingerprint density at radius 2 is 1.57 bits per heavy atom. The number of hydrazine groups is 1. The normalized spacial score (nSPS) is 13.4. The number of aromatic nitrogens is 1. The first-order chi connectivity index (χ1) is 19.1. The molecule has 0 unspecified atom stereocenters. The molecule has 1 fully saturated rings. The maximum atomic E-state index is 13.0. The summed E-state index contributed by atoms with van der Waals surface area (Å²) in [5, 5.41) is 4.36. The molecule has 1 heterocycles. The lowest BCUT2D eigenvalue weighted by atomic mass is 10.0. The van der Waals surface area contributed by atoms with E-state index in [2.05, 4.69) is 26.5 Å². The number of nitrogens with one attached hydrogen (secondary N) is 4. The summed E-state index contributed by atoms with van der Waals surface area (Å²) in [5.74, 6) is 0.172. The summed E-state index contributed by atoms with van der Waals surface area (Å²) >= 11 is 5.60. The van der Waals surface area contributed by atoms with Crippen molar-refractivity contribution in [1.29, 1.82) is 0 Å². The van der Waals surface area contributed by atoms with Crippen LogP contribution in [0.4, 0.5) is 29.3 Å². The monoisotopic (exact) mass is 575 g/mol. The zero-order chi connectivity index (χ0) is 28.7. The number of ether oxygens (including phenoxy) is 1. The molecule has 4 rings (SSSR count). The molecule has 2 aromatic carbocycles. The average Bonchev–Trinajstić information content (AvgIpc) is 3.42. The maximum absolute atomic E-state index is 13.0. The van der Waals surface area contributed by atoms with Gasteiger partial charge in [-0.2, -0.15) is 13.2 Å². The van der Waals surface area contributed by atoms with E-state index in [4.69, 9.17) is 16.3 Å². The van der Waals surface area contributed by atoms with Gasteiger partial charge in [0.1, 0.15) is 17.2 Å². The summed E-state index contributed by atoms with van der Waals surface area (Å²) < 4.78 is 44.8. The van der Waals surface area contributed by atoms with E-state index in [1.54, 1.807) is 12.1 Å². The number of rotatable bonds is 7. The largest absolute Gasteiger partial charge is 0.457 e. The van der Waals surface area contributed by atoms with Gasteiger partial charge in [0, 0.05) is 30.1 Å². The second-order valence-corrected chi connectivity index (χ2v) is 9.54. The Kier molecular flexibility index (Phi) is 9.10. The third-order valence-electron chi connectivity index (χ3n) is 6.11. The van der Waals surface area contributed by atoms with E-state index in [0.29, 0.717) is 29.5 Å². The van der Waals surface area contributed by atoms with Gasteiger partial charge in [-0.05, 0) is 67.3 Å². The van der Waals surface area contributed by atoms with Gasteiger partial charge in [-0.25, -0.2) is 4.79 Å². The van der Waals surface area contributed by atoms with E-state index in [9.17, 15) is 27.6 Å². The van der Waals surface area contributed by atoms with Gasteiger partial charge >= 0.3 is 12.2 Å². The predicted molar refractivity (Wildman–Crippen MR) is 142 cm³/mol. The fraction of sp³-hybridized carbons (Fsp3) is 0.259. The predicted octanol–water partition coefficient (Wildman–Crippen LogP) is 6.53. The van der Waals surface area contributed by atoms with Gasteiger partial charge in [0.25, 0.3) is 5.91 Å². The second-order valence-electron chi connectivity index (χ2n) is 9.13. The van der Waals surface area contributed by atoms with E-state index in [-0.39, 0.29) is 17.3 Å². The number of carbonyl (C=O) groups excluding carboxylic acids is 3. The Balaban J connectivity index is 1.28. The van der Waals surface area contributed by atoms with Crippen LogP contribution in [0.25, 0.3) is 0 Å². The van der Waals surface area contributed by atoms with Crippen LogP contribution < -0.4 is 26.2 Å². The molecule has 4 amide bonds. The number of amides is 4. The molecule has 210 valence electrons. The lowest BCUT2D eigenvalue weighted by Gasteiger charge is -2.13. The molecule has 0 bridgehead atoms. The molecule has 40 heavy (non-hydrogen) atoms. The minimum Gasteiger partial charge on any atom is -0.457 e. The number of halogens is 4. The minimum atomic E-state index is -4.66. The van der Waals surface area contributed by atoms with Gasteiger partial charge in [0.2, 0.25) is 5.91 Å². The van der Waals surface area contributed by atoms with E-state index in [1.165, 1.54) is 36.5 Å².